The standard InChI is InChI=1S/C30H38ClNO4/c1-28(2,3)36-27(34)21-7-10-26-25(15-21)32(16-22-11-13-29(22,4)18-33)17-30(19-35-26)12-5-6-20-14-23(31)8-9-24(20)30/h7-10,14-15,22,33H,5-6,11-13,16-19H2,1-4H3/t22-,29-,30-/m0/s1. The number of carbonyl (C=O) groups excluding carboxylic acids is 1. The third kappa shape index (κ3) is 4.72. The van der Waals surface area contributed by atoms with Crippen molar-refractivity contribution in [1.29, 1.82) is 0 Å². The molecule has 194 valence electrons. The number of fused-ring (bicyclic) bond motifs is 3. The molecular formula is C30H38ClNO4. The fourth-order valence-electron chi connectivity index (χ4n) is 6.21. The van der Waals surface area contributed by atoms with Crippen molar-refractivity contribution in [2.24, 2.45) is 11.3 Å². The lowest BCUT2D eigenvalue weighted by Gasteiger charge is -2.49. The summed E-state index contributed by atoms with van der Waals surface area (Å²) in [4.78, 5) is 15.4. The number of rotatable bonds is 4. The number of aliphatic hydroxyl groups excluding tert-OH is 1. The van der Waals surface area contributed by atoms with Crippen LogP contribution in [0, 0.1) is 11.3 Å². The minimum Gasteiger partial charge on any atom is -0.490 e. The molecule has 1 aliphatic heterocycles. The van der Waals surface area contributed by atoms with Gasteiger partial charge in [0.2, 0.25) is 0 Å². The highest BCUT2D eigenvalue weighted by Gasteiger charge is 2.46. The van der Waals surface area contributed by atoms with Gasteiger partial charge in [0, 0.05) is 30.1 Å². The molecule has 0 unspecified atom stereocenters. The normalized spacial score (nSPS) is 27.4. The fraction of sp³-hybridized carbons (Fsp3) is 0.567. The molecule has 1 spiro atoms. The van der Waals surface area contributed by atoms with E-state index in [1.54, 1.807) is 6.07 Å². The van der Waals surface area contributed by atoms with Crippen LogP contribution in [0.5, 0.6) is 5.75 Å². The van der Waals surface area contributed by atoms with Crippen LogP contribution in [0.3, 0.4) is 0 Å². The maximum atomic E-state index is 12.9. The van der Waals surface area contributed by atoms with E-state index in [0.29, 0.717) is 18.1 Å². The number of hydrogen-bond donors (Lipinski definition) is 1. The van der Waals surface area contributed by atoms with Gasteiger partial charge in [-0.1, -0.05) is 24.6 Å². The molecule has 1 N–H and O–H groups in total. The van der Waals surface area contributed by atoms with E-state index in [-0.39, 0.29) is 23.4 Å². The molecule has 1 heterocycles. The summed E-state index contributed by atoms with van der Waals surface area (Å²) in [6.07, 6.45) is 5.28. The first-order valence-corrected chi connectivity index (χ1v) is 13.5. The molecule has 2 aromatic carbocycles. The van der Waals surface area contributed by atoms with Gasteiger partial charge < -0.3 is 19.5 Å². The van der Waals surface area contributed by atoms with Gasteiger partial charge in [-0.15, -0.1) is 0 Å². The first kappa shape index (κ1) is 25.4. The fourth-order valence-corrected chi connectivity index (χ4v) is 6.40. The highest BCUT2D eigenvalue weighted by atomic mass is 35.5. The van der Waals surface area contributed by atoms with Gasteiger partial charge in [-0.05, 0) is 106 Å². The van der Waals surface area contributed by atoms with Crippen LogP contribution < -0.4 is 9.64 Å². The number of aliphatic hydroxyl groups is 1. The molecule has 1 fully saturated rings. The zero-order valence-electron chi connectivity index (χ0n) is 21.9. The number of hydrogen-bond acceptors (Lipinski definition) is 5. The van der Waals surface area contributed by atoms with Crippen molar-refractivity contribution in [1.82, 2.24) is 0 Å². The first-order chi connectivity index (χ1) is 17.0. The summed E-state index contributed by atoms with van der Waals surface area (Å²) in [5.41, 5.74) is 3.30. The lowest BCUT2D eigenvalue weighted by atomic mass is 9.61. The summed E-state index contributed by atoms with van der Waals surface area (Å²) in [6.45, 7) is 10.2. The zero-order chi connectivity index (χ0) is 25.7. The van der Waals surface area contributed by atoms with Crippen molar-refractivity contribution >= 4 is 23.3 Å². The van der Waals surface area contributed by atoms with E-state index in [0.717, 1.165) is 61.7 Å². The summed E-state index contributed by atoms with van der Waals surface area (Å²) in [7, 11) is 0. The van der Waals surface area contributed by atoms with Crippen molar-refractivity contribution in [3.05, 3.63) is 58.1 Å². The Morgan fingerprint density at radius 2 is 2.03 bits per heavy atom. The number of halogens is 1. The lowest BCUT2D eigenvalue weighted by Crippen LogP contribution is -2.51. The Balaban J connectivity index is 1.54. The van der Waals surface area contributed by atoms with Crippen molar-refractivity contribution in [3.8, 4) is 5.75 Å². The van der Waals surface area contributed by atoms with E-state index in [9.17, 15) is 9.90 Å². The first-order valence-electron chi connectivity index (χ1n) is 13.2. The second kappa shape index (κ2) is 9.25. The van der Waals surface area contributed by atoms with Gasteiger partial charge in [-0.25, -0.2) is 4.79 Å². The molecule has 0 aromatic heterocycles. The molecule has 0 radical (unpaired) electrons. The Kier molecular flexibility index (Phi) is 6.53. The number of esters is 1. The molecule has 0 amide bonds. The summed E-state index contributed by atoms with van der Waals surface area (Å²) in [5, 5.41) is 10.9. The van der Waals surface area contributed by atoms with E-state index in [1.165, 1.54) is 11.1 Å². The molecule has 2 aliphatic carbocycles. The van der Waals surface area contributed by atoms with Crippen molar-refractivity contribution < 1.29 is 19.4 Å². The molecule has 6 heteroatoms. The molecule has 1 saturated carbocycles. The number of carbonyl (C=O) groups is 1. The minimum absolute atomic E-state index is 0.0682. The Bertz CT molecular complexity index is 1150. The number of anilines is 1. The van der Waals surface area contributed by atoms with Crippen LogP contribution in [0.4, 0.5) is 5.69 Å². The second-order valence-electron chi connectivity index (χ2n) is 12.3. The smallest absolute Gasteiger partial charge is 0.338 e. The maximum absolute atomic E-state index is 12.9. The highest BCUT2D eigenvalue weighted by molar-refractivity contribution is 6.30. The molecule has 5 nitrogen and oxygen atoms in total. The van der Waals surface area contributed by atoms with Gasteiger partial charge in [-0.3, -0.25) is 0 Å². The second-order valence-corrected chi connectivity index (χ2v) is 12.8. The molecule has 0 bridgehead atoms. The van der Waals surface area contributed by atoms with Crippen molar-refractivity contribution in [2.75, 3.05) is 31.2 Å². The van der Waals surface area contributed by atoms with Crippen LogP contribution in [0.15, 0.2) is 36.4 Å². The number of ether oxygens (including phenoxy) is 2. The van der Waals surface area contributed by atoms with Crippen LogP contribution in [0.25, 0.3) is 0 Å². The van der Waals surface area contributed by atoms with Gasteiger partial charge in [0.25, 0.3) is 0 Å². The number of aryl methyl sites for hydroxylation is 1. The van der Waals surface area contributed by atoms with Crippen LogP contribution in [-0.4, -0.2) is 43.0 Å². The third-order valence-corrected chi connectivity index (χ3v) is 8.76. The Labute approximate surface area is 219 Å². The molecule has 2 aromatic rings. The van der Waals surface area contributed by atoms with Crippen LogP contribution >= 0.6 is 11.6 Å². The topological polar surface area (TPSA) is 59.0 Å². The van der Waals surface area contributed by atoms with Gasteiger partial charge >= 0.3 is 5.97 Å². The monoisotopic (exact) mass is 511 g/mol. The summed E-state index contributed by atoms with van der Waals surface area (Å²) in [5.74, 6) is 0.847. The molecular weight excluding hydrogens is 474 g/mol. The molecule has 36 heavy (non-hydrogen) atoms. The maximum Gasteiger partial charge on any atom is 0.338 e. The van der Waals surface area contributed by atoms with E-state index in [1.807, 2.05) is 39.0 Å². The van der Waals surface area contributed by atoms with Gasteiger partial charge in [0.1, 0.15) is 11.4 Å². The lowest BCUT2D eigenvalue weighted by molar-refractivity contribution is -0.00581. The average molecular weight is 512 g/mol. The van der Waals surface area contributed by atoms with Gasteiger partial charge in [0.05, 0.1) is 17.9 Å². The van der Waals surface area contributed by atoms with Crippen LogP contribution in [-0.2, 0) is 16.6 Å². The van der Waals surface area contributed by atoms with E-state index in [2.05, 4.69) is 24.0 Å². The molecule has 5 rings (SSSR count). The SMILES string of the molecule is CC(C)(C)OC(=O)c1ccc2c(c1)N(C[C@@H]1CC[C@@]1(C)CO)C[C@@]1(CCCc3cc(Cl)ccc31)CO2. The molecule has 3 aliphatic rings. The number of nitrogens with zero attached hydrogens (tertiary/aromatic N) is 1. The predicted octanol–water partition coefficient (Wildman–Crippen LogP) is 6.18. The quantitative estimate of drug-likeness (QED) is 0.497. The molecule has 0 saturated heterocycles. The van der Waals surface area contributed by atoms with E-state index in [4.69, 9.17) is 21.1 Å². The van der Waals surface area contributed by atoms with Gasteiger partial charge in [0.15, 0.2) is 0 Å². The van der Waals surface area contributed by atoms with Crippen molar-refractivity contribution in [3.63, 3.8) is 0 Å². The minimum atomic E-state index is -0.563. The van der Waals surface area contributed by atoms with Crippen LogP contribution in [0.2, 0.25) is 5.02 Å². The summed E-state index contributed by atoms with van der Waals surface area (Å²) < 4.78 is 12.2. The zero-order valence-corrected chi connectivity index (χ0v) is 22.7. The largest absolute Gasteiger partial charge is 0.490 e. The third-order valence-electron chi connectivity index (χ3n) is 8.52. The average Bonchev–Trinajstić information content (AvgIpc) is 2.97. The van der Waals surface area contributed by atoms with Gasteiger partial charge in [-0.2, -0.15) is 0 Å². The summed E-state index contributed by atoms with van der Waals surface area (Å²) >= 11 is 6.36. The Morgan fingerprint density at radius 3 is 2.72 bits per heavy atom. The Morgan fingerprint density at radius 1 is 1.22 bits per heavy atom. The highest BCUT2D eigenvalue weighted by Crippen LogP contribution is 2.49. The molecule has 3 atom stereocenters. The van der Waals surface area contributed by atoms with E-state index >= 15 is 0 Å². The van der Waals surface area contributed by atoms with Crippen LogP contribution in [0.1, 0.15) is 74.9 Å². The van der Waals surface area contributed by atoms with Crippen molar-refractivity contribution in [2.45, 2.75) is 70.8 Å². The summed E-state index contributed by atoms with van der Waals surface area (Å²) in [6, 6.07) is 11.9. The van der Waals surface area contributed by atoms with E-state index < -0.39 is 5.60 Å². The Hall–Kier alpha value is -2.24. The number of benzene rings is 2. The predicted molar refractivity (Wildman–Crippen MR) is 143 cm³/mol.